The number of halogens is 1. The molecule has 1 fully saturated rings. The minimum Gasteiger partial charge on any atom is -0.308 e. The first-order valence-corrected chi connectivity index (χ1v) is 10.4. The number of anilines is 1. The van der Waals surface area contributed by atoms with Crippen LogP contribution in [-0.4, -0.2) is 30.9 Å². The third kappa shape index (κ3) is 3.88. The van der Waals surface area contributed by atoms with Crippen LogP contribution in [0.5, 0.6) is 0 Å². The molecule has 156 valence electrons. The highest BCUT2D eigenvalue weighted by Crippen LogP contribution is 2.28. The van der Waals surface area contributed by atoms with Gasteiger partial charge in [-0.15, -0.1) is 5.10 Å². The fourth-order valence-electron chi connectivity index (χ4n) is 3.96. The maximum Gasteiger partial charge on any atom is 0.228 e. The second kappa shape index (κ2) is 8.22. The van der Waals surface area contributed by atoms with Gasteiger partial charge in [-0.2, -0.15) is 0 Å². The number of fused-ring (bicyclic) bond motifs is 1. The van der Waals surface area contributed by atoms with E-state index in [0.717, 1.165) is 31.2 Å². The maximum atomic E-state index is 14.2. The number of aromatic nitrogens is 5. The summed E-state index contributed by atoms with van der Waals surface area (Å²) in [6.07, 6.45) is 3.88. The molecule has 0 unspecified atom stereocenters. The molecule has 1 amide bonds. The van der Waals surface area contributed by atoms with Gasteiger partial charge in [-0.3, -0.25) is 4.79 Å². The molecule has 8 heteroatoms. The zero-order valence-electron chi connectivity index (χ0n) is 16.8. The zero-order chi connectivity index (χ0) is 21.2. The van der Waals surface area contributed by atoms with Gasteiger partial charge >= 0.3 is 0 Å². The van der Waals surface area contributed by atoms with Crippen molar-refractivity contribution in [2.75, 3.05) is 5.32 Å². The van der Waals surface area contributed by atoms with Crippen LogP contribution in [-0.2, 0) is 11.3 Å². The molecule has 0 bridgehead atoms. The quantitative estimate of drug-likeness (QED) is 0.527. The van der Waals surface area contributed by atoms with Crippen LogP contribution in [0.25, 0.3) is 22.6 Å². The van der Waals surface area contributed by atoms with Crippen LogP contribution in [0.1, 0.15) is 31.2 Å². The first kappa shape index (κ1) is 19.3. The molecule has 1 N–H and O–H groups in total. The van der Waals surface area contributed by atoms with Gasteiger partial charge in [0.2, 0.25) is 5.91 Å². The number of nitrogens with zero attached hydrogens (tertiary/aromatic N) is 5. The number of nitrogens with one attached hydrogen (secondary N) is 1. The standard InChI is InChI=1S/C23H21FN6O/c24-18-13-7-6-12-17(18)14-30-22-19(28-29-30)21(27-23(31)16-10-4-5-11-16)25-20(26-22)15-8-2-1-3-9-15/h1-3,6-9,12-13,16H,4-5,10-11,14H2,(H,25,26,27,31). The van der Waals surface area contributed by atoms with Gasteiger partial charge in [0.25, 0.3) is 0 Å². The summed E-state index contributed by atoms with van der Waals surface area (Å²) in [4.78, 5) is 22.0. The Morgan fingerprint density at radius 3 is 2.55 bits per heavy atom. The van der Waals surface area contributed by atoms with E-state index in [2.05, 4.69) is 25.6 Å². The molecule has 0 atom stereocenters. The summed E-state index contributed by atoms with van der Waals surface area (Å²) >= 11 is 0. The maximum absolute atomic E-state index is 14.2. The van der Waals surface area contributed by atoms with Crippen molar-refractivity contribution in [2.45, 2.75) is 32.2 Å². The van der Waals surface area contributed by atoms with E-state index in [1.807, 2.05) is 30.3 Å². The van der Waals surface area contributed by atoms with Gasteiger partial charge in [0.15, 0.2) is 22.8 Å². The highest BCUT2D eigenvalue weighted by atomic mass is 19.1. The van der Waals surface area contributed by atoms with Crippen molar-refractivity contribution in [3.8, 4) is 11.4 Å². The van der Waals surface area contributed by atoms with E-state index >= 15 is 0 Å². The first-order chi connectivity index (χ1) is 15.2. The Hall–Kier alpha value is -3.68. The van der Waals surface area contributed by atoms with Crippen LogP contribution >= 0.6 is 0 Å². The molecular formula is C23H21FN6O. The summed E-state index contributed by atoms with van der Waals surface area (Å²) in [5.74, 6) is 0.393. The first-order valence-electron chi connectivity index (χ1n) is 10.4. The Labute approximate surface area is 178 Å². The van der Waals surface area contributed by atoms with Gasteiger partial charge in [-0.25, -0.2) is 19.0 Å². The van der Waals surface area contributed by atoms with Crippen molar-refractivity contribution >= 4 is 22.9 Å². The van der Waals surface area contributed by atoms with Gasteiger partial charge in [0.1, 0.15) is 5.82 Å². The normalized spacial score (nSPS) is 14.2. The summed E-state index contributed by atoms with van der Waals surface area (Å²) in [6, 6.07) is 16.0. The van der Waals surface area contributed by atoms with Crippen molar-refractivity contribution in [2.24, 2.45) is 5.92 Å². The molecule has 1 aliphatic carbocycles. The predicted molar refractivity (Wildman–Crippen MR) is 115 cm³/mol. The van der Waals surface area contributed by atoms with E-state index in [4.69, 9.17) is 0 Å². The Bertz CT molecular complexity index is 1230. The van der Waals surface area contributed by atoms with E-state index in [1.54, 1.807) is 18.2 Å². The van der Waals surface area contributed by atoms with Crippen LogP contribution in [0.15, 0.2) is 54.6 Å². The Morgan fingerprint density at radius 2 is 1.77 bits per heavy atom. The fraction of sp³-hybridized carbons (Fsp3) is 0.261. The van der Waals surface area contributed by atoms with Crippen molar-refractivity contribution in [3.63, 3.8) is 0 Å². The number of benzene rings is 2. The number of carbonyl (C=O) groups excluding carboxylic acids is 1. The number of hydrogen-bond acceptors (Lipinski definition) is 5. The predicted octanol–water partition coefficient (Wildman–Crippen LogP) is 4.20. The molecule has 0 saturated heterocycles. The minimum absolute atomic E-state index is 0.0151. The van der Waals surface area contributed by atoms with Crippen molar-refractivity contribution in [1.29, 1.82) is 0 Å². The van der Waals surface area contributed by atoms with Crippen molar-refractivity contribution in [1.82, 2.24) is 25.0 Å². The fourth-order valence-corrected chi connectivity index (χ4v) is 3.96. The summed E-state index contributed by atoms with van der Waals surface area (Å²) in [6.45, 7) is 0.171. The molecule has 5 rings (SSSR count). The second-order valence-corrected chi connectivity index (χ2v) is 7.74. The van der Waals surface area contributed by atoms with E-state index < -0.39 is 0 Å². The van der Waals surface area contributed by atoms with Crippen molar-refractivity contribution < 1.29 is 9.18 Å². The lowest BCUT2D eigenvalue weighted by Crippen LogP contribution is -2.21. The highest BCUT2D eigenvalue weighted by Gasteiger charge is 2.25. The number of hydrogen-bond donors (Lipinski definition) is 1. The second-order valence-electron chi connectivity index (χ2n) is 7.74. The molecule has 1 saturated carbocycles. The lowest BCUT2D eigenvalue weighted by atomic mass is 10.1. The van der Waals surface area contributed by atoms with E-state index in [9.17, 15) is 9.18 Å². The summed E-state index contributed by atoms with van der Waals surface area (Å²) in [5.41, 5.74) is 2.12. The average Bonchev–Trinajstić information content (AvgIpc) is 3.47. The third-order valence-electron chi connectivity index (χ3n) is 5.64. The molecule has 7 nitrogen and oxygen atoms in total. The van der Waals surface area contributed by atoms with Gasteiger partial charge < -0.3 is 5.32 Å². The Balaban J connectivity index is 1.58. The molecule has 0 aliphatic heterocycles. The average molecular weight is 416 g/mol. The Kier molecular flexibility index (Phi) is 5.11. The minimum atomic E-state index is -0.321. The lowest BCUT2D eigenvalue weighted by Gasteiger charge is -2.11. The monoisotopic (exact) mass is 416 g/mol. The topological polar surface area (TPSA) is 85.6 Å². The number of amides is 1. The molecule has 0 spiro atoms. The van der Waals surface area contributed by atoms with Crippen LogP contribution in [0, 0.1) is 11.7 Å². The molecule has 0 radical (unpaired) electrons. The van der Waals surface area contributed by atoms with E-state index in [0.29, 0.717) is 28.4 Å². The molecule has 1 aliphatic rings. The summed E-state index contributed by atoms with van der Waals surface area (Å²) in [5, 5.41) is 11.3. The van der Waals surface area contributed by atoms with Crippen LogP contribution < -0.4 is 5.32 Å². The van der Waals surface area contributed by atoms with Crippen LogP contribution in [0.4, 0.5) is 10.2 Å². The van der Waals surface area contributed by atoms with Gasteiger partial charge in [-0.1, -0.05) is 66.6 Å². The summed E-state index contributed by atoms with van der Waals surface area (Å²) < 4.78 is 15.7. The smallest absolute Gasteiger partial charge is 0.228 e. The largest absolute Gasteiger partial charge is 0.308 e. The van der Waals surface area contributed by atoms with Gasteiger partial charge in [-0.05, 0) is 18.9 Å². The number of carbonyl (C=O) groups is 1. The highest BCUT2D eigenvalue weighted by molar-refractivity contribution is 5.98. The van der Waals surface area contributed by atoms with Gasteiger partial charge in [0, 0.05) is 17.0 Å². The SMILES string of the molecule is O=C(Nc1nc(-c2ccccc2)nc2c1nnn2Cc1ccccc1F)C1CCCC1. The number of rotatable bonds is 5. The van der Waals surface area contributed by atoms with Gasteiger partial charge in [0.05, 0.1) is 6.54 Å². The molecule has 31 heavy (non-hydrogen) atoms. The molecule has 2 aromatic heterocycles. The zero-order valence-corrected chi connectivity index (χ0v) is 16.8. The summed E-state index contributed by atoms with van der Waals surface area (Å²) in [7, 11) is 0. The lowest BCUT2D eigenvalue weighted by molar-refractivity contribution is -0.119. The molecule has 4 aromatic rings. The van der Waals surface area contributed by atoms with Crippen LogP contribution in [0.3, 0.4) is 0 Å². The Morgan fingerprint density at radius 1 is 1.03 bits per heavy atom. The van der Waals surface area contributed by atoms with E-state index in [1.165, 1.54) is 10.7 Å². The molecule has 2 heterocycles. The van der Waals surface area contributed by atoms with E-state index in [-0.39, 0.29) is 24.2 Å². The van der Waals surface area contributed by atoms with Crippen molar-refractivity contribution in [3.05, 3.63) is 66.0 Å². The molecular weight excluding hydrogens is 395 g/mol. The molecule has 2 aromatic carbocycles. The van der Waals surface area contributed by atoms with Crippen LogP contribution in [0.2, 0.25) is 0 Å². The third-order valence-corrected chi connectivity index (χ3v) is 5.64.